The zero-order valence-electron chi connectivity index (χ0n) is 20.2. The van der Waals surface area contributed by atoms with E-state index in [0.29, 0.717) is 18.8 Å². The lowest BCUT2D eigenvalue weighted by Gasteiger charge is -2.38. The van der Waals surface area contributed by atoms with Gasteiger partial charge >= 0.3 is 0 Å². The highest BCUT2D eigenvalue weighted by Gasteiger charge is 2.32. The Morgan fingerprint density at radius 1 is 1.15 bits per heavy atom. The summed E-state index contributed by atoms with van der Waals surface area (Å²) in [6, 6.07) is 7.41. The molecule has 1 aromatic rings. The van der Waals surface area contributed by atoms with Crippen molar-refractivity contribution in [1.29, 1.82) is 0 Å². The van der Waals surface area contributed by atoms with Crippen molar-refractivity contribution in [2.45, 2.75) is 44.2 Å². The first-order valence-electron chi connectivity index (χ1n) is 12.5. The van der Waals surface area contributed by atoms with Crippen LogP contribution in [0, 0.1) is 5.92 Å². The molecule has 9 heteroatoms. The van der Waals surface area contributed by atoms with E-state index in [4.69, 9.17) is 4.74 Å². The minimum Gasteiger partial charge on any atom is -0.497 e. The maximum atomic E-state index is 13.5. The van der Waals surface area contributed by atoms with E-state index < -0.39 is 6.04 Å². The van der Waals surface area contributed by atoms with Crippen molar-refractivity contribution in [2.24, 2.45) is 5.92 Å². The lowest BCUT2D eigenvalue weighted by molar-refractivity contribution is -0.136. The first-order valence-corrected chi connectivity index (χ1v) is 14.8. The third kappa shape index (κ3) is 6.98. The van der Waals surface area contributed by atoms with Crippen LogP contribution in [-0.2, 0) is 9.59 Å². The third-order valence-corrected chi connectivity index (χ3v) is 9.26. The van der Waals surface area contributed by atoms with Gasteiger partial charge in [0.05, 0.1) is 13.2 Å². The van der Waals surface area contributed by atoms with Crippen LogP contribution in [0.15, 0.2) is 24.3 Å². The molecule has 3 aliphatic rings. The molecule has 0 radical (unpaired) electrons. The maximum Gasteiger partial charge on any atom is 0.246 e. The SMILES string of the molecule is COc1ccc(N2CCN(C(=O)[C@H](CSCC3CCCCC3)NC(=O)C3CSCN3)CC2)cc1. The second-order valence-electron chi connectivity index (χ2n) is 9.38. The van der Waals surface area contributed by atoms with Gasteiger partial charge < -0.3 is 19.9 Å². The van der Waals surface area contributed by atoms with Crippen LogP contribution >= 0.6 is 23.5 Å². The number of amides is 2. The minimum atomic E-state index is -0.457. The fraction of sp³-hybridized carbons (Fsp3) is 0.680. The maximum absolute atomic E-state index is 13.5. The summed E-state index contributed by atoms with van der Waals surface area (Å²) in [6.07, 6.45) is 6.61. The summed E-state index contributed by atoms with van der Waals surface area (Å²) in [6.45, 7) is 2.91. The van der Waals surface area contributed by atoms with Crippen molar-refractivity contribution in [3.8, 4) is 5.75 Å². The van der Waals surface area contributed by atoms with E-state index in [1.807, 2.05) is 28.8 Å². The summed E-state index contributed by atoms with van der Waals surface area (Å²) in [4.78, 5) is 30.5. The average molecular weight is 507 g/mol. The molecule has 1 aromatic carbocycles. The topological polar surface area (TPSA) is 73.9 Å². The summed E-state index contributed by atoms with van der Waals surface area (Å²) in [5.74, 6) is 4.91. The molecule has 3 fully saturated rings. The van der Waals surface area contributed by atoms with Gasteiger partial charge in [-0.3, -0.25) is 14.9 Å². The van der Waals surface area contributed by atoms with Gasteiger partial charge in [0.2, 0.25) is 11.8 Å². The fourth-order valence-corrected chi connectivity index (χ4v) is 7.12. The van der Waals surface area contributed by atoms with Gasteiger partial charge in [-0.15, -0.1) is 11.8 Å². The first-order chi connectivity index (χ1) is 16.6. The molecule has 7 nitrogen and oxygen atoms in total. The highest BCUT2D eigenvalue weighted by atomic mass is 32.2. The predicted molar refractivity (Wildman–Crippen MR) is 142 cm³/mol. The zero-order valence-corrected chi connectivity index (χ0v) is 21.8. The molecular weight excluding hydrogens is 468 g/mol. The second kappa shape index (κ2) is 12.9. The molecule has 34 heavy (non-hydrogen) atoms. The highest BCUT2D eigenvalue weighted by Crippen LogP contribution is 2.27. The van der Waals surface area contributed by atoms with E-state index in [1.165, 1.54) is 32.1 Å². The molecule has 1 aliphatic carbocycles. The van der Waals surface area contributed by atoms with Crippen LogP contribution in [0.1, 0.15) is 32.1 Å². The standard InChI is InChI=1S/C25H38N4O3S2/c1-32-21-9-7-20(8-10-21)28-11-13-29(14-12-28)25(31)23(27-24(30)22-16-34-18-26-22)17-33-15-19-5-3-2-4-6-19/h7-10,19,22-23,26H,2-6,11-18H2,1H3,(H,27,30)/t22?,23-/m0/s1. The zero-order chi connectivity index (χ0) is 23.8. The van der Waals surface area contributed by atoms with E-state index in [1.54, 1.807) is 18.9 Å². The molecule has 0 spiro atoms. The Kier molecular flexibility index (Phi) is 9.70. The molecule has 0 aromatic heterocycles. The normalized spacial score (nSPS) is 22.4. The Morgan fingerprint density at radius 2 is 1.88 bits per heavy atom. The fourth-order valence-electron chi connectivity index (χ4n) is 4.92. The number of nitrogens with zero attached hydrogens (tertiary/aromatic N) is 2. The van der Waals surface area contributed by atoms with Crippen molar-refractivity contribution in [1.82, 2.24) is 15.5 Å². The molecule has 2 amide bonds. The van der Waals surface area contributed by atoms with Crippen molar-refractivity contribution < 1.29 is 14.3 Å². The number of anilines is 1. The monoisotopic (exact) mass is 506 g/mol. The van der Waals surface area contributed by atoms with Crippen LogP contribution in [0.3, 0.4) is 0 Å². The number of methoxy groups -OCH3 is 1. The second-order valence-corrected chi connectivity index (χ2v) is 11.5. The Bertz CT molecular complexity index is 790. The van der Waals surface area contributed by atoms with Crippen LogP contribution in [-0.4, -0.2) is 85.2 Å². The third-order valence-electron chi connectivity index (χ3n) is 7.04. The number of carbonyl (C=O) groups is 2. The molecule has 0 bridgehead atoms. The summed E-state index contributed by atoms with van der Waals surface area (Å²) in [7, 11) is 1.67. The largest absolute Gasteiger partial charge is 0.497 e. The Morgan fingerprint density at radius 3 is 2.53 bits per heavy atom. The van der Waals surface area contributed by atoms with Crippen molar-refractivity contribution in [3.63, 3.8) is 0 Å². The summed E-state index contributed by atoms with van der Waals surface area (Å²) < 4.78 is 5.26. The van der Waals surface area contributed by atoms with Crippen LogP contribution in [0.25, 0.3) is 0 Å². The Hall–Kier alpha value is -1.58. The predicted octanol–water partition coefficient (Wildman–Crippen LogP) is 2.80. The number of hydrogen-bond acceptors (Lipinski definition) is 7. The summed E-state index contributed by atoms with van der Waals surface area (Å²) in [5, 5.41) is 6.32. The van der Waals surface area contributed by atoms with Crippen molar-refractivity contribution in [2.75, 3.05) is 61.3 Å². The van der Waals surface area contributed by atoms with Gasteiger partial charge in [-0.25, -0.2) is 0 Å². The quantitative estimate of drug-likeness (QED) is 0.534. The smallest absolute Gasteiger partial charge is 0.246 e. The van der Waals surface area contributed by atoms with E-state index >= 15 is 0 Å². The number of thioether (sulfide) groups is 2. The number of hydrogen-bond donors (Lipinski definition) is 2. The summed E-state index contributed by atoms with van der Waals surface area (Å²) in [5.41, 5.74) is 1.14. The van der Waals surface area contributed by atoms with Crippen molar-refractivity contribution >= 4 is 41.0 Å². The number of carbonyl (C=O) groups excluding carboxylic acids is 2. The Labute approximate surface area is 212 Å². The van der Waals surface area contributed by atoms with Crippen LogP contribution in [0.2, 0.25) is 0 Å². The van der Waals surface area contributed by atoms with Gasteiger partial charge in [-0.05, 0) is 48.8 Å². The van der Waals surface area contributed by atoms with E-state index in [9.17, 15) is 9.59 Å². The minimum absolute atomic E-state index is 0.0431. The number of nitrogens with one attached hydrogen (secondary N) is 2. The van der Waals surface area contributed by atoms with E-state index in [2.05, 4.69) is 27.7 Å². The molecule has 2 saturated heterocycles. The molecule has 2 N–H and O–H groups in total. The molecular formula is C25H38N4O3S2. The first kappa shape index (κ1) is 25.5. The number of ether oxygens (including phenoxy) is 1. The number of piperazine rings is 1. The molecule has 2 atom stereocenters. The molecule has 1 unspecified atom stereocenters. The lowest BCUT2D eigenvalue weighted by atomic mass is 9.91. The molecule has 188 valence electrons. The number of benzene rings is 1. The van der Waals surface area contributed by atoms with E-state index in [-0.39, 0.29) is 17.9 Å². The van der Waals surface area contributed by atoms with Crippen LogP contribution in [0.4, 0.5) is 5.69 Å². The molecule has 2 aliphatic heterocycles. The average Bonchev–Trinajstić information content (AvgIpc) is 3.44. The van der Waals surface area contributed by atoms with Gasteiger partial charge in [0.25, 0.3) is 0 Å². The molecule has 4 rings (SSSR count). The van der Waals surface area contributed by atoms with E-state index in [0.717, 1.165) is 47.8 Å². The lowest BCUT2D eigenvalue weighted by Crippen LogP contribution is -2.57. The van der Waals surface area contributed by atoms with Crippen molar-refractivity contribution in [3.05, 3.63) is 24.3 Å². The molecule has 1 saturated carbocycles. The van der Waals surface area contributed by atoms with Gasteiger partial charge in [0.1, 0.15) is 11.8 Å². The van der Waals surface area contributed by atoms with Gasteiger partial charge in [0, 0.05) is 49.2 Å². The Balaban J connectivity index is 1.32. The molecule has 2 heterocycles. The van der Waals surface area contributed by atoms with Gasteiger partial charge in [-0.1, -0.05) is 19.3 Å². The summed E-state index contributed by atoms with van der Waals surface area (Å²) >= 11 is 3.56. The van der Waals surface area contributed by atoms with Gasteiger partial charge in [0.15, 0.2) is 0 Å². The van der Waals surface area contributed by atoms with Gasteiger partial charge in [-0.2, -0.15) is 11.8 Å². The van der Waals surface area contributed by atoms with Crippen LogP contribution < -0.4 is 20.3 Å². The highest BCUT2D eigenvalue weighted by molar-refractivity contribution is 7.99. The van der Waals surface area contributed by atoms with Crippen LogP contribution in [0.5, 0.6) is 5.75 Å². The number of rotatable bonds is 9.